The first-order valence-corrected chi connectivity index (χ1v) is 14.2. The van der Waals surface area contributed by atoms with Gasteiger partial charge >= 0.3 is 6.18 Å². The molecule has 0 amide bonds. The van der Waals surface area contributed by atoms with Crippen LogP contribution in [-0.2, 0) is 12.7 Å². The Hall–Kier alpha value is -1.38. The summed E-state index contributed by atoms with van der Waals surface area (Å²) >= 11 is 0. The van der Waals surface area contributed by atoms with Gasteiger partial charge in [0, 0.05) is 6.54 Å². The average Bonchev–Trinajstić information content (AvgIpc) is 2.83. The fraction of sp³-hybridized carbons (Fsp3) is 0.571. The zero-order chi connectivity index (χ0) is 23.3. The Bertz CT molecular complexity index is 822. The second-order valence-electron chi connectivity index (χ2n) is 9.93. The van der Waals surface area contributed by atoms with Crippen LogP contribution in [0.1, 0.15) is 86.7 Å². The minimum Gasteiger partial charge on any atom is -0.291 e. The zero-order valence-corrected chi connectivity index (χ0v) is 20.6. The van der Waals surface area contributed by atoms with E-state index in [1.165, 1.54) is 81.9 Å². The molecule has 4 rings (SSSR count). The van der Waals surface area contributed by atoms with Gasteiger partial charge in [0.25, 0.3) is 0 Å². The summed E-state index contributed by atoms with van der Waals surface area (Å²) in [5.41, 5.74) is 3.24. The average molecular weight is 476 g/mol. The highest BCUT2D eigenvalue weighted by Gasteiger charge is 2.39. The van der Waals surface area contributed by atoms with Crippen LogP contribution in [0.25, 0.3) is 0 Å². The number of hydrogen-bond donors (Lipinski definition) is 0. The van der Waals surface area contributed by atoms with Crippen molar-refractivity contribution in [1.29, 1.82) is 0 Å². The Morgan fingerprint density at radius 2 is 1.30 bits per heavy atom. The van der Waals surface area contributed by atoms with Gasteiger partial charge in [-0.25, -0.2) is 0 Å². The van der Waals surface area contributed by atoms with Crippen molar-refractivity contribution < 1.29 is 13.2 Å². The molecule has 2 saturated carbocycles. The van der Waals surface area contributed by atoms with E-state index in [0.29, 0.717) is 0 Å². The summed E-state index contributed by atoms with van der Waals surface area (Å²) < 4.78 is 39.9. The van der Waals surface area contributed by atoms with Crippen LogP contribution in [-0.4, -0.2) is 23.3 Å². The number of alkyl halides is 3. The van der Waals surface area contributed by atoms with E-state index in [-0.39, 0.29) is 13.7 Å². The van der Waals surface area contributed by atoms with Crippen LogP contribution in [0.5, 0.6) is 0 Å². The van der Waals surface area contributed by atoms with Gasteiger partial charge < -0.3 is 0 Å². The lowest BCUT2D eigenvalue weighted by atomic mass is 9.99. The molecule has 33 heavy (non-hydrogen) atoms. The lowest BCUT2D eigenvalue weighted by Gasteiger charge is -2.46. The van der Waals surface area contributed by atoms with Gasteiger partial charge in [-0.3, -0.25) is 4.90 Å². The van der Waals surface area contributed by atoms with Crippen LogP contribution in [0.3, 0.4) is 0 Å². The van der Waals surface area contributed by atoms with Crippen molar-refractivity contribution in [2.45, 2.75) is 94.0 Å². The van der Waals surface area contributed by atoms with E-state index in [4.69, 9.17) is 0 Å². The molecule has 0 radical (unpaired) electrons. The summed E-state index contributed by atoms with van der Waals surface area (Å²) in [6.45, 7) is 0.824. The van der Waals surface area contributed by atoms with Crippen molar-refractivity contribution in [2.24, 2.45) is 0 Å². The van der Waals surface area contributed by atoms with Crippen LogP contribution >= 0.6 is 7.92 Å². The van der Waals surface area contributed by atoms with Crippen molar-refractivity contribution in [3.05, 3.63) is 71.3 Å². The van der Waals surface area contributed by atoms with Crippen molar-refractivity contribution in [3.63, 3.8) is 0 Å². The summed E-state index contributed by atoms with van der Waals surface area (Å²) in [6.07, 6.45) is 8.74. The molecule has 0 heterocycles. The third-order valence-electron chi connectivity index (χ3n) is 7.50. The zero-order valence-electron chi connectivity index (χ0n) is 19.7. The normalized spacial score (nSPS) is 19.8. The molecule has 1 atom stereocenters. The molecule has 1 unspecified atom stereocenters. The number of halogens is 3. The molecule has 1 nitrogen and oxygen atoms in total. The third kappa shape index (κ3) is 6.40. The molecule has 5 heteroatoms. The molecule has 2 fully saturated rings. The monoisotopic (exact) mass is 475 g/mol. The van der Waals surface area contributed by atoms with Crippen molar-refractivity contribution in [3.8, 4) is 0 Å². The Kier molecular flexibility index (Phi) is 8.52. The molecule has 2 aliphatic rings. The molecule has 2 aromatic rings. The van der Waals surface area contributed by atoms with Gasteiger partial charge in [-0.2, -0.15) is 13.2 Å². The summed E-state index contributed by atoms with van der Waals surface area (Å²) in [5, 5.41) is 0. The second kappa shape index (κ2) is 11.4. The molecule has 0 aromatic heterocycles. The Morgan fingerprint density at radius 1 is 0.788 bits per heavy atom. The van der Waals surface area contributed by atoms with E-state index >= 15 is 0 Å². The minimum atomic E-state index is -4.29. The molecule has 0 spiro atoms. The second-order valence-corrected chi connectivity index (χ2v) is 12.8. The highest BCUT2D eigenvalue weighted by molar-refractivity contribution is 7.59. The highest BCUT2D eigenvalue weighted by Crippen LogP contribution is 2.65. The molecule has 2 aliphatic carbocycles. The minimum absolute atomic E-state index is 0.202. The number of benzene rings is 2. The maximum absolute atomic E-state index is 13.3. The number of nitrogens with zero attached hydrogens (tertiary/aromatic N) is 1. The summed E-state index contributed by atoms with van der Waals surface area (Å²) in [7, 11) is 1.83. The predicted octanol–water partition coefficient (Wildman–Crippen LogP) is 8.98. The van der Waals surface area contributed by atoms with Gasteiger partial charge in [-0.05, 0) is 67.3 Å². The maximum Gasteiger partial charge on any atom is 0.416 e. The first-order chi connectivity index (χ1) is 15.9. The molecular weight excluding hydrogens is 438 g/mol. The van der Waals surface area contributed by atoms with E-state index < -0.39 is 11.7 Å². The van der Waals surface area contributed by atoms with Crippen molar-refractivity contribution >= 4 is 7.92 Å². The van der Waals surface area contributed by atoms with E-state index in [9.17, 15) is 13.2 Å². The smallest absolute Gasteiger partial charge is 0.291 e. The van der Waals surface area contributed by atoms with Gasteiger partial charge in [-0.1, -0.05) is 88.9 Å². The standard InChI is InChI=1S/C28H37F3NP/c1-32(21-22-11-5-2-6-12-22)27(23-17-19-24(20-18-23)28(29,30)31)33(25-13-7-3-8-14-25)26-15-9-4-10-16-26/h2,5-6,11-12,17-20,25-27H,3-4,7-10,13-16,21H2,1H3. The summed E-state index contributed by atoms with van der Waals surface area (Å²) in [4.78, 5) is 2.45. The van der Waals surface area contributed by atoms with Crippen LogP contribution in [0.2, 0.25) is 0 Å². The number of hydrogen-bond acceptors (Lipinski definition) is 1. The molecular formula is C28H37F3NP. The SMILES string of the molecule is CN(Cc1ccccc1)C(c1ccc(C(F)(F)F)cc1)P(C1CCCCC1)C1CCCCC1. The fourth-order valence-corrected chi connectivity index (χ4v) is 10.3. The molecule has 180 valence electrons. The van der Waals surface area contributed by atoms with Gasteiger partial charge in [-0.15, -0.1) is 0 Å². The van der Waals surface area contributed by atoms with Crippen molar-refractivity contribution in [1.82, 2.24) is 4.90 Å². The first-order valence-electron chi connectivity index (χ1n) is 12.6. The topological polar surface area (TPSA) is 3.24 Å². The quantitative estimate of drug-likeness (QED) is 0.361. The van der Waals surface area contributed by atoms with E-state index in [1.807, 2.05) is 6.07 Å². The fourth-order valence-electron chi connectivity index (χ4n) is 5.91. The van der Waals surface area contributed by atoms with Crippen LogP contribution < -0.4 is 0 Å². The summed E-state index contributed by atoms with van der Waals surface area (Å²) in [5.74, 6) is 0.202. The molecule has 0 bridgehead atoms. The van der Waals surface area contributed by atoms with E-state index in [2.05, 4.69) is 36.2 Å². The largest absolute Gasteiger partial charge is 0.416 e. The number of rotatable bonds is 7. The Morgan fingerprint density at radius 3 is 1.79 bits per heavy atom. The molecule has 0 saturated heterocycles. The Labute approximate surface area is 198 Å². The van der Waals surface area contributed by atoms with Gasteiger partial charge in [0.15, 0.2) is 0 Å². The van der Waals surface area contributed by atoms with Crippen LogP contribution in [0.15, 0.2) is 54.6 Å². The molecule has 0 aliphatic heterocycles. The van der Waals surface area contributed by atoms with Gasteiger partial charge in [0.05, 0.1) is 11.3 Å². The van der Waals surface area contributed by atoms with Crippen molar-refractivity contribution in [2.75, 3.05) is 7.05 Å². The molecule has 0 N–H and O–H groups in total. The highest BCUT2D eigenvalue weighted by atomic mass is 31.1. The van der Waals surface area contributed by atoms with E-state index in [0.717, 1.165) is 23.4 Å². The third-order valence-corrected chi connectivity index (χ3v) is 11.5. The summed E-state index contributed by atoms with van der Waals surface area (Å²) in [6, 6.07) is 16.6. The predicted molar refractivity (Wildman–Crippen MR) is 133 cm³/mol. The van der Waals surface area contributed by atoms with Crippen LogP contribution in [0.4, 0.5) is 13.2 Å². The molecule has 2 aromatic carbocycles. The first kappa shape index (κ1) is 24.7. The van der Waals surface area contributed by atoms with Crippen LogP contribution in [0, 0.1) is 0 Å². The van der Waals surface area contributed by atoms with Gasteiger partial charge in [0.2, 0.25) is 0 Å². The Balaban J connectivity index is 1.71. The van der Waals surface area contributed by atoms with E-state index in [1.54, 1.807) is 12.1 Å². The maximum atomic E-state index is 13.3. The lowest BCUT2D eigenvalue weighted by Crippen LogP contribution is -2.31. The lowest BCUT2D eigenvalue weighted by molar-refractivity contribution is -0.137. The van der Waals surface area contributed by atoms with Gasteiger partial charge in [0.1, 0.15) is 0 Å².